The van der Waals surface area contributed by atoms with Gasteiger partial charge in [0.15, 0.2) is 0 Å². The Labute approximate surface area is 193 Å². The lowest BCUT2D eigenvalue weighted by Crippen LogP contribution is -2.60. The number of rotatable bonds is 7. The molecule has 1 saturated heterocycles. The van der Waals surface area contributed by atoms with Crippen molar-refractivity contribution in [3.8, 4) is 11.8 Å². The van der Waals surface area contributed by atoms with Crippen molar-refractivity contribution in [2.45, 2.75) is 51.2 Å². The van der Waals surface area contributed by atoms with Gasteiger partial charge in [0.25, 0.3) is 0 Å². The van der Waals surface area contributed by atoms with Crippen LogP contribution in [0.25, 0.3) is 0 Å². The zero-order chi connectivity index (χ0) is 25.7. The molecule has 0 spiro atoms. The van der Waals surface area contributed by atoms with E-state index in [1.807, 2.05) is 5.32 Å². The molecule has 0 aliphatic carbocycles. The lowest BCUT2D eigenvalue weighted by atomic mass is 9.93. The van der Waals surface area contributed by atoms with Gasteiger partial charge < -0.3 is 30.5 Å². The number of likely N-dealkylation sites (tertiary alicyclic amines) is 1. The number of alkyl halides is 3. The number of benzene rings is 1. The van der Waals surface area contributed by atoms with Crippen molar-refractivity contribution in [3.05, 3.63) is 29.3 Å². The first-order valence-electron chi connectivity index (χ1n) is 10.3. The molecule has 1 aromatic carbocycles. The summed E-state index contributed by atoms with van der Waals surface area (Å²) in [5.74, 6) is -2.53. The molecule has 2 rings (SSSR count). The number of piperidine rings is 1. The number of nitrogens with zero attached hydrogens (tertiary/aromatic N) is 2. The zero-order valence-corrected chi connectivity index (χ0v) is 18.5. The molecule has 13 heteroatoms. The topological polar surface area (TPSA) is 152 Å². The van der Waals surface area contributed by atoms with Crippen LogP contribution in [0, 0.1) is 17.2 Å². The van der Waals surface area contributed by atoms with Crippen LogP contribution < -0.4 is 15.4 Å². The third kappa shape index (κ3) is 7.51. The van der Waals surface area contributed by atoms with Crippen molar-refractivity contribution in [1.82, 2.24) is 15.5 Å². The highest BCUT2D eigenvalue weighted by Gasteiger charge is 2.40. The first-order valence-corrected chi connectivity index (χ1v) is 10.3. The first-order chi connectivity index (χ1) is 15.7. The molecule has 1 aromatic rings. The second kappa shape index (κ2) is 10.6. The molecule has 0 saturated carbocycles. The minimum Gasteiger partial charge on any atom is -0.465 e. The minimum absolute atomic E-state index is 0.00108. The van der Waals surface area contributed by atoms with Gasteiger partial charge in [-0.2, -0.15) is 5.26 Å². The number of hydrogen-bond donors (Lipinski definition) is 4. The Morgan fingerprint density at radius 1 is 1.32 bits per heavy atom. The normalized spacial score (nSPS) is 17.3. The van der Waals surface area contributed by atoms with E-state index in [1.165, 1.54) is 30.9 Å². The number of nitriles is 1. The van der Waals surface area contributed by atoms with Crippen molar-refractivity contribution in [2.75, 3.05) is 13.1 Å². The SMILES string of the molecule is CC(C)(O)C(NC(=O)O)C(=O)N1CCCC(C(=O)NCc2ccc(C#N)cc2OC(F)(F)F)C1. The number of carboxylic acid groups (broad SMARTS) is 1. The number of aliphatic hydroxyl groups is 1. The number of carbonyl (C=O) groups excluding carboxylic acids is 2. The van der Waals surface area contributed by atoms with Crippen molar-refractivity contribution in [2.24, 2.45) is 5.92 Å². The predicted octanol–water partition coefficient (Wildman–Crippen LogP) is 1.72. The maximum absolute atomic E-state index is 12.8. The Morgan fingerprint density at radius 2 is 2.00 bits per heavy atom. The quantitative estimate of drug-likeness (QED) is 0.458. The average molecular weight is 486 g/mol. The van der Waals surface area contributed by atoms with E-state index >= 15 is 0 Å². The summed E-state index contributed by atoms with van der Waals surface area (Å²) in [5, 5.41) is 32.6. The van der Waals surface area contributed by atoms with Crippen molar-refractivity contribution >= 4 is 17.9 Å². The second-order valence-electron chi connectivity index (χ2n) is 8.36. The van der Waals surface area contributed by atoms with Crippen LogP contribution in [0.4, 0.5) is 18.0 Å². The third-order valence-corrected chi connectivity index (χ3v) is 5.20. The van der Waals surface area contributed by atoms with Gasteiger partial charge in [-0.15, -0.1) is 13.2 Å². The van der Waals surface area contributed by atoms with E-state index in [9.17, 15) is 32.7 Å². The Morgan fingerprint density at radius 3 is 2.56 bits per heavy atom. The van der Waals surface area contributed by atoms with Crippen LogP contribution in [-0.4, -0.2) is 64.1 Å². The molecular formula is C21H25F3N4O6. The second-order valence-corrected chi connectivity index (χ2v) is 8.36. The van der Waals surface area contributed by atoms with Crippen LogP contribution in [0.15, 0.2) is 18.2 Å². The number of halogens is 3. The largest absolute Gasteiger partial charge is 0.573 e. The molecule has 1 aliphatic rings. The molecule has 34 heavy (non-hydrogen) atoms. The lowest BCUT2D eigenvalue weighted by Gasteiger charge is -2.37. The molecule has 0 bridgehead atoms. The van der Waals surface area contributed by atoms with Gasteiger partial charge in [-0.3, -0.25) is 9.59 Å². The smallest absolute Gasteiger partial charge is 0.465 e. The Bertz CT molecular complexity index is 971. The zero-order valence-electron chi connectivity index (χ0n) is 18.5. The number of nitrogens with one attached hydrogen (secondary N) is 2. The molecule has 186 valence electrons. The standard InChI is InChI=1S/C21H25F3N4O6/c1-20(2,33)16(27-19(31)32)18(30)28-7-3-4-14(11-28)17(29)26-10-13-6-5-12(9-25)8-15(13)34-21(22,23)24/h5-6,8,14,16,27,33H,3-4,7,10-11H2,1-2H3,(H,26,29)(H,31,32). The maximum Gasteiger partial charge on any atom is 0.573 e. The van der Waals surface area contributed by atoms with Crippen molar-refractivity contribution in [1.29, 1.82) is 5.26 Å². The molecule has 1 fully saturated rings. The molecule has 0 radical (unpaired) electrons. The van der Waals surface area contributed by atoms with E-state index in [-0.39, 0.29) is 30.8 Å². The monoisotopic (exact) mass is 486 g/mol. The van der Waals surface area contributed by atoms with Gasteiger partial charge in [0.2, 0.25) is 11.8 Å². The van der Waals surface area contributed by atoms with Crippen LogP contribution in [0.3, 0.4) is 0 Å². The summed E-state index contributed by atoms with van der Waals surface area (Å²) in [6.07, 6.45) is -5.66. The van der Waals surface area contributed by atoms with Crippen molar-refractivity contribution < 1.29 is 42.5 Å². The van der Waals surface area contributed by atoms with E-state index in [1.54, 1.807) is 6.07 Å². The van der Waals surface area contributed by atoms with Crippen LogP contribution >= 0.6 is 0 Å². The average Bonchev–Trinajstić information content (AvgIpc) is 2.74. The summed E-state index contributed by atoms with van der Waals surface area (Å²) in [4.78, 5) is 37.8. The number of amides is 3. The van der Waals surface area contributed by atoms with Crippen LogP contribution in [0.1, 0.15) is 37.8 Å². The molecule has 4 N–H and O–H groups in total. The van der Waals surface area contributed by atoms with Crippen LogP contribution in [0.2, 0.25) is 0 Å². The molecule has 3 amide bonds. The van der Waals surface area contributed by atoms with Gasteiger partial charge in [-0.05, 0) is 38.8 Å². The Kier molecular flexibility index (Phi) is 8.33. The van der Waals surface area contributed by atoms with E-state index in [0.29, 0.717) is 12.8 Å². The van der Waals surface area contributed by atoms with Gasteiger partial charge in [0, 0.05) is 25.2 Å². The fourth-order valence-corrected chi connectivity index (χ4v) is 3.55. The maximum atomic E-state index is 12.8. The van der Waals surface area contributed by atoms with Gasteiger partial charge in [0.1, 0.15) is 11.8 Å². The highest BCUT2D eigenvalue weighted by Crippen LogP contribution is 2.28. The van der Waals surface area contributed by atoms with Gasteiger partial charge >= 0.3 is 12.5 Å². The lowest BCUT2D eigenvalue weighted by molar-refractivity contribution is -0.274. The summed E-state index contributed by atoms with van der Waals surface area (Å²) in [6, 6.07) is 3.71. The predicted molar refractivity (Wildman–Crippen MR) is 110 cm³/mol. The summed E-state index contributed by atoms with van der Waals surface area (Å²) < 4.78 is 42.1. The van der Waals surface area contributed by atoms with Gasteiger partial charge in [0.05, 0.1) is 23.2 Å². The molecule has 2 atom stereocenters. The third-order valence-electron chi connectivity index (χ3n) is 5.20. The number of ether oxygens (including phenoxy) is 1. The van der Waals surface area contributed by atoms with Crippen molar-refractivity contribution in [3.63, 3.8) is 0 Å². The highest BCUT2D eigenvalue weighted by atomic mass is 19.4. The summed E-state index contributed by atoms with van der Waals surface area (Å²) in [6.45, 7) is 2.43. The van der Waals surface area contributed by atoms with E-state index in [0.717, 1.165) is 6.07 Å². The molecular weight excluding hydrogens is 461 g/mol. The fourth-order valence-electron chi connectivity index (χ4n) is 3.55. The van der Waals surface area contributed by atoms with Gasteiger partial charge in [-0.1, -0.05) is 6.07 Å². The number of carbonyl (C=O) groups is 3. The minimum atomic E-state index is -4.99. The summed E-state index contributed by atoms with van der Waals surface area (Å²) in [7, 11) is 0. The highest BCUT2D eigenvalue weighted by molar-refractivity contribution is 5.87. The van der Waals surface area contributed by atoms with E-state index in [4.69, 9.17) is 10.4 Å². The van der Waals surface area contributed by atoms with Crippen LogP contribution in [-0.2, 0) is 16.1 Å². The number of hydrogen-bond acceptors (Lipinski definition) is 6. The Balaban J connectivity index is 2.08. The molecule has 10 nitrogen and oxygen atoms in total. The molecule has 2 unspecified atom stereocenters. The molecule has 1 aliphatic heterocycles. The van der Waals surface area contributed by atoms with Gasteiger partial charge in [-0.25, -0.2) is 4.79 Å². The Hall–Kier alpha value is -3.53. The molecule has 1 heterocycles. The summed E-state index contributed by atoms with van der Waals surface area (Å²) >= 11 is 0. The first kappa shape index (κ1) is 26.7. The van der Waals surface area contributed by atoms with Crippen LogP contribution in [0.5, 0.6) is 5.75 Å². The fraction of sp³-hybridized carbons (Fsp3) is 0.524. The van der Waals surface area contributed by atoms with E-state index < -0.39 is 47.6 Å². The summed E-state index contributed by atoms with van der Waals surface area (Å²) in [5.41, 5.74) is -1.75. The molecule has 0 aromatic heterocycles. The van der Waals surface area contributed by atoms with E-state index in [2.05, 4.69) is 10.1 Å².